The van der Waals surface area contributed by atoms with Gasteiger partial charge in [-0.3, -0.25) is 14.4 Å². The van der Waals surface area contributed by atoms with Gasteiger partial charge < -0.3 is 25.0 Å². The Hall–Kier alpha value is -3.55. The first-order valence-electron chi connectivity index (χ1n) is 10.8. The van der Waals surface area contributed by atoms with E-state index in [1.165, 1.54) is 0 Å². The number of likely N-dealkylation sites (N-methyl/N-ethyl adjacent to an activating group) is 1. The second-order valence-electron chi connectivity index (χ2n) is 7.52. The number of rotatable bonds is 9. The van der Waals surface area contributed by atoms with Crippen LogP contribution in [0.1, 0.15) is 19.8 Å². The third kappa shape index (κ3) is 7.01. The molecule has 8 heteroatoms. The zero-order valence-electron chi connectivity index (χ0n) is 18.2. The van der Waals surface area contributed by atoms with Crippen molar-refractivity contribution >= 4 is 23.4 Å². The number of nitrogens with zero attached hydrogens (tertiary/aromatic N) is 1. The summed E-state index contributed by atoms with van der Waals surface area (Å²) in [6, 6.07) is 16.2. The lowest BCUT2D eigenvalue weighted by molar-refractivity contribution is -0.136. The van der Waals surface area contributed by atoms with E-state index in [-0.39, 0.29) is 36.9 Å². The van der Waals surface area contributed by atoms with Gasteiger partial charge >= 0.3 is 0 Å². The highest BCUT2D eigenvalue weighted by molar-refractivity contribution is 5.93. The van der Waals surface area contributed by atoms with Crippen LogP contribution in [0.3, 0.4) is 0 Å². The second kappa shape index (κ2) is 11.7. The molecule has 0 aromatic heterocycles. The molecule has 170 valence electrons. The lowest BCUT2D eigenvalue weighted by Crippen LogP contribution is -2.43. The monoisotopic (exact) mass is 439 g/mol. The van der Waals surface area contributed by atoms with Crippen LogP contribution >= 0.6 is 0 Å². The van der Waals surface area contributed by atoms with Crippen LogP contribution in [0.25, 0.3) is 0 Å². The number of hydrogen-bond donors (Lipinski definition) is 2. The topological polar surface area (TPSA) is 97.0 Å². The van der Waals surface area contributed by atoms with E-state index in [0.29, 0.717) is 49.7 Å². The maximum atomic E-state index is 12.7. The molecule has 1 fully saturated rings. The smallest absolute Gasteiger partial charge is 0.260 e. The standard InChI is InChI=1S/C24H29N3O5/c1-2-25-22(28)16-31-21-10-6-7-19(15-21)26-24(30)18-11-13-27(14-12-18)23(29)17-32-20-8-4-3-5-9-20/h3-10,15,18H,2,11-14,16-17H2,1H3,(H,25,28)(H,26,30). The van der Waals surface area contributed by atoms with Crippen LogP contribution in [0, 0.1) is 5.92 Å². The molecule has 0 bridgehead atoms. The number of benzene rings is 2. The molecule has 1 saturated heterocycles. The minimum absolute atomic E-state index is 0.00997. The second-order valence-corrected chi connectivity index (χ2v) is 7.52. The summed E-state index contributed by atoms with van der Waals surface area (Å²) in [5, 5.41) is 5.57. The molecular weight excluding hydrogens is 410 g/mol. The van der Waals surface area contributed by atoms with Gasteiger partial charge in [0.2, 0.25) is 5.91 Å². The van der Waals surface area contributed by atoms with Crippen molar-refractivity contribution in [3.8, 4) is 11.5 Å². The predicted molar refractivity (Wildman–Crippen MR) is 120 cm³/mol. The molecule has 3 rings (SSSR count). The summed E-state index contributed by atoms with van der Waals surface area (Å²) < 4.78 is 11.0. The van der Waals surface area contributed by atoms with Crippen LogP contribution in [-0.2, 0) is 14.4 Å². The first-order valence-corrected chi connectivity index (χ1v) is 10.8. The molecule has 0 unspecified atom stereocenters. The number of nitrogens with one attached hydrogen (secondary N) is 2. The number of carbonyl (C=O) groups is 3. The molecular formula is C24H29N3O5. The Morgan fingerprint density at radius 2 is 1.62 bits per heavy atom. The average molecular weight is 440 g/mol. The quantitative estimate of drug-likeness (QED) is 0.626. The molecule has 1 heterocycles. The van der Waals surface area contributed by atoms with Crippen LogP contribution in [0.2, 0.25) is 0 Å². The molecule has 0 radical (unpaired) electrons. The maximum absolute atomic E-state index is 12.7. The Balaban J connectivity index is 1.43. The van der Waals surface area contributed by atoms with E-state index in [4.69, 9.17) is 9.47 Å². The van der Waals surface area contributed by atoms with Gasteiger partial charge in [0.1, 0.15) is 11.5 Å². The zero-order valence-corrected chi connectivity index (χ0v) is 18.2. The average Bonchev–Trinajstić information content (AvgIpc) is 2.82. The molecule has 2 N–H and O–H groups in total. The van der Waals surface area contributed by atoms with E-state index in [1.807, 2.05) is 37.3 Å². The van der Waals surface area contributed by atoms with Crippen molar-refractivity contribution in [1.29, 1.82) is 0 Å². The van der Waals surface area contributed by atoms with Gasteiger partial charge in [-0.1, -0.05) is 24.3 Å². The van der Waals surface area contributed by atoms with Crippen LogP contribution in [0.15, 0.2) is 54.6 Å². The largest absolute Gasteiger partial charge is 0.484 e. The first-order chi connectivity index (χ1) is 15.5. The highest BCUT2D eigenvalue weighted by Crippen LogP contribution is 2.22. The summed E-state index contributed by atoms with van der Waals surface area (Å²) in [7, 11) is 0. The van der Waals surface area contributed by atoms with Crippen molar-refractivity contribution in [2.75, 3.05) is 38.2 Å². The number of carbonyl (C=O) groups excluding carboxylic acids is 3. The summed E-state index contributed by atoms with van der Waals surface area (Å²) in [5.74, 6) is 0.634. The Morgan fingerprint density at radius 3 is 2.34 bits per heavy atom. The van der Waals surface area contributed by atoms with Crippen molar-refractivity contribution in [3.05, 3.63) is 54.6 Å². The molecule has 3 amide bonds. The highest BCUT2D eigenvalue weighted by Gasteiger charge is 2.27. The van der Waals surface area contributed by atoms with Crippen molar-refractivity contribution in [2.24, 2.45) is 5.92 Å². The van der Waals surface area contributed by atoms with E-state index in [1.54, 1.807) is 29.2 Å². The third-order valence-electron chi connectivity index (χ3n) is 5.17. The van der Waals surface area contributed by atoms with Gasteiger partial charge in [-0.2, -0.15) is 0 Å². The lowest BCUT2D eigenvalue weighted by Gasteiger charge is -2.31. The number of likely N-dealkylation sites (tertiary alicyclic amines) is 1. The minimum Gasteiger partial charge on any atom is -0.484 e. The van der Waals surface area contributed by atoms with Gasteiger partial charge in [-0.15, -0.1) is 0 Å². The van der Waals surface area contributed by atoms with E-state index in [9.17, 15) is 14.4 Å². The number of piperidine rings is 1. The Bertz CT molecular complexity index is 911. The molecule has 0 spiro atoms. The van der Waals surface area contributed by atoms with Gasteiger partial charge in [0.05, 0.1) is 0 Å². The molecule has 32 heavy (non-hydrogen) atoms. The summed E-state index contributed by atoms with van der Waals surface area (Å²) in [4.78, 5) is 38.3. The predicted octanol–water partition coefficient (Wildman–Crippen LogP) is 2.46. The molecule has 1 aliphatic rings. The molecule has 0 atom stereocenters. The van der Waals surface area contributed by atoms with Crippen molar-refractivity contribution in [1.82, 2.24) is 10.2 Å². The summed E-state index contributed by atoms with van der Waals surface area (Å²) >= 11 is 0. The maximum Gasteiger partial charge on any atom is 0.260 e. The molecule has 0 aliphatic carbocycles. The van der Waals surface area contributed by atoms with Crippen LogP contribution < -0.4 is 20.1 Å². The van der Waals surface area contributed by atoms with Gasteiger partial charge in [-0.25, -0.2) is 0 Å². The van der Waals surface area contributed by atoms with E-state index >= 15 is 0 Å². The number of amides is 3. The van der Waals surface area contributed by atoms with Crippen molar-refractivity contribution < 1.29 is 23.9 Å². The Labute approximate surface area is 187 Å². The molecule has 8 nitrogen and oxygen atoms in total. The van der Waals surface area contributed by atoms with Crippen LogP contribution in [-0.4, -0.2) is 55.5 Å². The number of hydrogen-bond acceptors (Lipinski definition) is 5. The minimum atomic E-state index is -0.197. The van der Waals surface area contributed by atoms with Crippen LogP contribution in [0.4, 0.5) is 5.69 Å². The van der Waals surface area contributed by atoms with E-state index in [2.05, 4.69) is 10.6 Å². The highest BCUT2D eigenvalue weighted by atomic mass is 16.5. The number of para-hydroxylation sites is 1. The molecule has 2 aromatic rings. The summed E-state index contributed by atoms with van der Waals surface area (Å²) in [5.41, 5.74) is 0.609. The van der Waals surface area contributed by atoms with E-state index < -0.39 is 0 Å². The Kier molecular flexibility index (Phi) is 8.48. The van der Waals surface area contributed by atoms with E-state index in [0.717, 1.165) is 0 Å². The van der Waals surface area contributed by atoms with Gasteiger partial charge in [0.25, 0.3) is 11.8 Å². The fraction of sp³-hybridized carbons (Fsp3) is 0.375. The SMILES string of the molecule is CCNC(=O)COc1cccc(NC(=O)C2CCN(C(=O)COc3ccccc3)CC2)c1. The Morgan fingerprint density at radius 1 is 0.938 bits per heavy atom. The number of anilines is 1. The fourth-order valence-corrected chi connectivity index (χ4v) is 3.45. The van der Waals surface area contributed by atoms with Gasteiger partial charge in [-0.05, 0) is 44.0 Å². The first kappa shape index (κ1) is 23.1. The van der Waals surface area contributed by atoms with Crippen molar-refractivity contribution in [2.45, 2.75) is 19.8 Å². The van der Waals surface area contributed by atoms with Crippen LogP contribution in [0.5, 0.6) is 11.5 Å². The van der Waals surface area contributed by atoms with Gasteiger partial charge in [0, 0.05) is 37.3 Å². The molecule has 0 saturated carbocycles. The normalized spacial score (nSPS) is 13.8. The summed E-state index contributed by atoms with van der Waals surface area (Å²) in [6.45, 7) is 3.33. The fourth-order valence-electron chi connectivity index (χ4n) is 3.45. The number of ether oxygens (including phenoxy) is 2. The molecule has 2 aromatic carbocycles. The summed E-state index contributed by atoms with van der Waals surface area (Å²) in [6.07, 6.45) is 1.19. The third-order valence-corrected chi connectivity index (χ3v) is 5.17. The van der Waals surface area contributed by atoms with Crippen molar-refractivity contribution in [3.63, 3.8) is 0 Å². The molecule has 1 aliphatic heterocycles. The van der Waals surface area contributed by atoms with Gasteiger partial charge in [0.15, 0.2) is 13.2 Å². The zero-order chi connectivity index (χ0) is 22.8. The lowest BCUT2D eigenvalue weighted by atomic mass is 9.95.